The number of carbonyl (C=O) groups excluding carboxylic acids is 2. The molecule has 1 heterocycles. The molecule has 0 aliphatic carbocycles. The van der Waals surface area contributed by atoms with E-state index in [-0.39, 0.29) is 5.12 Å². The van der Waals surface area contributed by atoms with Crippen LogP contribution >= 0.6 is 11.8 Å². The first kappa shape index (κ1) is 8.59. The van der Waals surface area contributed by atoms with E-state index in [4.69, 9.17) is 0 Å². The van der Waals surface area contributed by atoms with E-state index < -0.39 is 0 Å². The Morgan fingerprint density at radius 2 is 2.45 bits per heavy atom. The summed E-state index contributed by atoms with van der Waals surface area (Å²) >= 11 is 1.34. The molecule has 0 spiro atoms. The van der Waals surface area contributed by atoms with E-state index in [9.17, 15) is 9.59 Å². The van der Waals surface area contributed by atoms with E-state index in [2.05, 4.69) is 0 Å². The van der Waals surface area contributed by atoms with Gasteiger partial charge in [0.25, 0.3) is 0 Å². The highest BCUT2D eigenvalue weighted by atomic mass is 32.2. The third-order valence-corrected chi connectivity index (χ3v) is 2.71. The predicted molar refractivity (Wildman–Crippen MR) is 44.3 cm³/mol. The van der Waals surface area contributed by atoms with Crippen LogP contribution in [0.1, 0.15) is 13.3 Å². The molecule has 0 aromatic heterocycles. The van der Waals surface area contributed by atoms with Gasteiger partial charge in [0, 0.05) is 25.3 Å². The SMILES string of the molecule is CC(=O)SC1CCN(C=O)C1. The minimum Gasteiger partial charge on any atom is -0.344 e. The molecule has 4 heteroatoms. The van der Waals surface area contributed by atoms with Crippen molar-refractivity contribution in [3.05, 3.63) is 0 Å². The predicted octanol–water partition coefficient (Wildman–Crippen LogP) is 0.497. The number of carbonyl (C=O) groups is 2. The molecular formula is C7H11NO2S. The smallest absolute Gasteiger partial charge is 0.209 e. The van der Waals surface area contributed by atoms with Crippen molar-refractivity contribution in [3.8, 4) is 0 Å². The highest BCUT2D eigenvalue weighted by molar-refractivity contribution is 8.14. The zero-order valence-corrected chi connectivity index (χ0v) is 7.26. The van der Waals surface area contributed by atoms with Crippen molar-refractivity contribution in [2.24, 2.45) is 0 Å². The zero-order valence-electron chi connectivity index (χ0n) is 6.45. The maximum Gasteiger partial charge on any atom is 0.209 e. The normalized spacial score (nSPS) is 23.7. The molecule has 1 unspecified atom stereocenters. The lowest BCUT2D eigenvalue weighted by Crippen LogP contribution is -2.19. The summed E-state index contributed by atoms with van der Waals surface area (Å²) < 4.78 is 0. The molecule has 11 heavy (non-hydrogen) atoms. The van der Waals surface area contributed by atoms with Crippen molar-refractivity contribution in [2.75, 3.05) is 13.1 Å². The number of hydrogen-bond acceptors (Lipinski definition) is 3. The number of hydrogen-bond donors (Lipinski definition) is 0. The molecule has 0 bridgehead atoms. The molecule has 1 aliphatic heterocycles. The van der Waals surface area contributed by atoms with Gasteiger partial charge < -0.3 is 4.90 Å². The molecule has 1 amide bonds. The fraction of sp³-hybridized carbons (Fsp3) is 0.714. The minimum absolute atomic E-state index is 0.141. The van der Waals surface area contributed by atoms with Crippen molar-refractivity contribution in [2.45, 2.75) is 18.6 Å². The van der Waals surface area contributed by atoms with E-state index in [1.54, 1.807) is 11.8 Å². The Morgan fingerprint density at radius 1 is 1.73 bits per heavy atom. The molecule has 1 fully saturated rings. The highest BCUT2D eigenvalue weighted by Gasteiger charge is 2.22. The number of likely N-dealkylation sites (tertiary alicyclic amines) is 1. The second-order valence-electron chi connectivity index (χ2n) is 2.62. The fourth-order valence-corrected chi connectivity index (χ4v) is 2.14. The number of amides is 1. The first-order chi connectivity index (χ1) is 5.22. The van der Waals surface area contributed by atoms with Gasteiger partial charge >= 0.3 is 0 Å². The summed E-state index contributed by atoms with van der Waals surface area (Å²) in [6, 6.07) is 0. The Morgan fingerprint density at radius 3 is 2.91 bits per heavy atom. The lowest BCUT2D eigenvalue weighted by molar-refractivity contribution is -0.117. The molecule has 3 nitrogen and oxygen atoms in total. The van der Waals surface area contributed by atoms with Crippen molar-refractivity contribution < 1.29 is 9.59 Å². The quantitative estimate of drug-likeness (QED) is 0.570. The van der Waals surface area contributed by atoms with Crippen LogP contribution in [0.25, 0.3) is 0 Å². The Balaban J connectivity index is 2.29. The zero-order chi connectivity index (χ0) is 8.27. The van der Waals surface area contributed by atoms with Crippen LogP contribution in [0, 0.1) is 0 Å². The van der Waals surface area contributed by atoms with Gasteiger partial charge in [0.2, 0.25) is 6.41 Å². The van der Waals surface area contributed by atoms with Crippen molar-refractivity contribution in [1.29, 1.82) is 0 Å². The van der Waals surface area contributed by atoms with Gasteiger partial charge in [-0.2, -0.15) is 0 Å². The Bertz CT molecular complexity index is 172. The minimum atomic E-state index is 0.141. The summed E-state index contributed by atoms with van der Waals surface area (Å²) in [5.74, 6) is 0. The summed E-state index contributed by atoms with van der Waals surface area (Å²) in [6.45, 7) is 3.09. The fourth-order valence-electron chi connectivity index (χ4n) is 1.18. The van der Waals surface area contributed by atoms with Crippen LogP contribution < -0.4 is 0 Å². The summed E-state index contributed by atoms with van der Waals surface area (Å²) in [5.41, 5.74) is 0. The van der Waals surface area contributed by atoms with Gasteiger partial charge in [-0.3, -0.25) is 9.59 Å². The second kappa shape index (κ2) is 3.76. The average molecular weight is 173 g/mol. The third-order valence-electron chi connectivity index (χ3n) is 1.66. The molecular weight excluding hydrogens is 162 g/mol. The van der Waals surface area contributed by atoms with E-state index in [1.807, 2.05) is 0 Å². The topological polar surface area (TPSA) is 37.4 Å². The monoisotopic (exact) mass is 173 g/mol. The van der Waals surface area contributed by atoms with Crippen LogP contribution in [-0.2, 0) is 9.59 Å². The van der Waals surface area contributed by atoms with Gasteiger partial charge in [0.05, 0.1) is 0 Å². The van der Waals surface area contributed by atoms with Gasteiger partial charge in [0.1, 0.15) is 0 Å². The average Bonchev–Trinajstić information content (AvgIpc) is 2.34. The Kier molecular flexibility index (Phi) is 2.93. The van der Waals surface area contributed by atoms with E-state index in [1.165, 1.54) is 11.8 Å². The molecule has 62 valence electrons. The second-order valence-corrected chi connectivity index (χ2v) is 4.10. The van der Waals surface area contributed by atoms with Crippen LogP contribution in [0.5, 0.6) is 0 Å². The summed E-state index contributed by atoms with van der Waals surface area (Å²) in [4.78, 5) is 22.6. The first-order valence-corrected chi connectivity index (χ1v) is 4.47. The Labute approximate surface area is 70.1 Å². The maximum absolute atomic E-state index is 10.7. The molecule has 0 radical (unpaired) electrons. The van der Waals surface area contributed by atoms with E-state index in [0.29, 0.717) is 5.25 Å². The van der Waals surface area contributed by atoms with Crippen LogP contribution in [0.15, 0.2) is 0 Å². The van der Waals surface area contributed by atoms with Gasteiger partial charge in [-0.1, -0.05) is 11.8 Å². The summed E-state index contributed by atoms with van der Waals surface area (Å²) in [7, 11) is 0. The van der Waals surface area contributed by atoms with Crippen molar-refractivity contribution >= 4 is 23.3 Å². The summed E-state index contributed by atoms with van der Waals surface area (Å²) in [5, 5.41) is 0.473. The van der Waals surface area contributed by atoms with E-state index >= 15 is 0 Å². The van der Waals surface area contributed by atoms with Crippen LogP contribution in [0.2, 0.25) is 0 Å². The van der Waals surface area contributed by atoms with Gasteiger partial charge in [-0.05, 0) is 6.42 Å². The van der Waals surface area contributed by atoms with Crippen molar-refractivity contribution in [1.82, 2.24) is 4.90 Å². The summed E-state index contributed by atoms with van der Waals surface area (Å²) in [6.07, 6.45) is 1.80. The number of rotatable bonds is 2. The standard InChI is InChI=1S/C7H11NO2S/c1-6(10)11-7-2-3-8(4-7)5-9/h5,7H,2-4H2,1H3. The Hall–Kier alpha value is -0.510. The molecule has 1 aliphatic rings. The molecule has 0 aromatic rings. The molecule has 1 rings (SSSR count). The lowest BCUT2D eigenvalue weighted by Gasteiger charge is -2.07. The van der Waals surface area contributed by atoms with Crippen LogP contribution in [-0.4, -0.2) is 34.8 Å². The maximum atomic E-state index is 10.7. The molecule has 0 saturated carbocycles. The van der Waals surface area contributed by atoms with E-state index in [0.717, 1.165) is 25.9 Å². The molecule has 0 N–H and O–H groups in total. The lowest BCUT2D eigenvalue weighted by atomic mass is 10.4. The van der Waals surface area contributed by atoms with Gasteiger partial charge in [-0.25, -0.2) is 0 Å². The van der Waals surface area contributed by atoms with Crippen LogP contribution in [0.3, 0.4) is 0 Å². The molecule has 1 saturated heterocycles. The number of nitrogens with zero attached hydrogens (tertiary/aromatic N) is 1. The largest absolute Gasteiger partial charge is 0.344 e. The van der Waals surface area contributed by atoms with Gasteiger partial charge in [-0.15, -0.1) is 0 Å². The third kappa shape index (κ3) is 2.54. The molecule has 1 atom stereocenters. The first-order valence-electron chi connectivity index (χ1n) is 3.59. The van der Waals surface area contributed by atoms with Crippen LogP contribution in [0.4, 0.5) is 0 Å². The van der Waals surface area contributed by atoms with Crippen molar-refractivity contribution in [3.63, 3.8) is 0 Å². The molecule has 0 aromatic carbocycles. The highest BCUT2D eigenvalue weighted by Crippen LogP contribution is 2.21. The number of thioether (sulfide) groups is 1. The van der Waals surface area contributed by atoms with Gasteiger partial charge in [0.15, 0.2) is 5.12 Å².